The van der Waals surface area contributed by atoms with Gasteiger partial charge in [-0.2, -0.15) is 0 Å². The van der Waals surface area contributed by atoms with E-state index in [9.17, 15) is 5.11 Å². The van der Waals surface area contributed by atoms with Crippen LogP contribution in [0.4, 0.5) is 0 Å². The molecule has 1 heterocycles. The van der Waals surface area contributed by atoms with E-state index in [4.69, 9.17) is 5.73 Å². The Morgan fingerprint density at radius 3 is 2.95 bits per heavy atom. The Hall–Kier alpha value is -1.34. The van der Waals surface area contributed by atoms with Crippen molar-refractivity contribution in [3.63, 3.8) is 0 Å². The third kappa shape index (κ3) is 3.81. The van der Waals surface area contributed by atoms with Crippen molar-refractivity contribution in [3.8, 4) is 11.8 Å². The molecule has 1 fully saturated rings. The summed E-state index contributed by atoms with van der Waals surface area (Å²) in [5.41, 5.74) is 7.74. The van der Waals surface area contributed by atoms with Crippen LogP contribution in [0.3, 0.4) is 0 Å². The van der Waals surface area contributed by atoms with Crippen LogP contribution in [0.2, 0.25) is 0 Å². The Balaban J connectivity index is 2.04. The van der Waals surface area contributed by atoms with Gasteiger partial charge in [0.25, 0.3) is 0 Å². The van der Waals surface area contributed by atoms with Gasteiger partial charge < -0.3 is 10.8 Å². The molecule has 0 aromatic heterocycles. The van der Waals surface area contributed by atoms with Crippen molar-refractivity contribution in [2.75, 3.05) is 19.6 Å². The Kier molecular flexibility index (Phi) is 4.98. The predicted octanol–water partition coefficient (Wildman–Crippen LogP) is 1.20. The van der Waals surface area contributed by atoms with Crippen LogP contribution in [0.1, 0.15) is 24.5 Å². The van der Waals surface area contributed by atoms with Gasteiger partial charge in [0.05, 0.1) is 12.6 Å². The van der Waals surface area contributed by atoms with Gasteiger partial charge in [0, 0.05) is 18.7 Å². The molecule has 0 radical (unpaired) electrons. The van der Waals surface area contributed by atoms with Crippen LogP contribution >= 0.6 is 0 Å². The maximum atomic E-state index is 9.64. The van der Waals surface area contributed by atoms with E-state index < -0.39 is 0 Å². The second-order valence-electron chi connectivity index (χ2n) is 5.19. The number of rotatable bonds is 3. The third-order valence-corrected chi connectivity index (χ3v) is 3.73. The Morgan fingerprint density at radius 1 is 1.47 bits per heavy atom. The first kappa shape index (κ1) is 14.1. The Morgan fingerprint density at radius 2 is 2.26 bits per heavy atom. The lowest BCUT2D eigenvalue weighted by Crippen LogP contribution is -2.24. The van der Waals surface area contributed by atoms with Crippen molar-refractivity contribution in [1.82, 2.24) is 4.90 Å². The van der Waals surface area contributed by atoms with Crippen LogP contribution in [0.15, 0.2) is 24.3 Å². The highest BCUT2D eigenvalue weighted by Crippen LogP contribution is 2.22. The monoisotopic (exact) mass is 258 g/mol. The number of hydrogen-bond acceptors (Lipinski definition) is 3. The van der Waals surface area contributed by atoms with Gasteiger partial charge in [-0.3, -0.25) is 4.90 Å². The molecule has 2 atom stereocenters. The summed E-state index contributed by atoms with van der Waals surface area (Å²) in [5.74, 6) is 6.45. The number of nitrogens with two attached hydrogens (primary N) is 1. The van der Waals surface area contributed by atoms with Crippen LogP contribution < -0.4 is 5.73 Å². The van der Waals surface area contributed by atoms with Gasteiger partial charge in [0.1, 0.15) is 0 Å². The van der Waals surface area contributed by atoms with E-state index in [2.05, 4.69) is 22.8 Å². The van der Waals surface area contributed by atoms with Crippen LogP contribution in [0.25, 0.3) is 0 Å². The van der Waals surface area contributed by atoms with Crippen molar-refractivity contribution in [3.05, 3.63) is 35.4 Å². The lowest BCUT2D eigenvalue weighted by molar-refractivity contribution is 0.127. The van der Waals surface area contributed by atoms with Gasteiger partial charge in [0.2, 0.25) is 0 Å². The summed E-state index contributed by atoms with van der Waals surface area (Å²) in [4.78, 5) is 2.39. The highest BCUT2D eigenvalue weighted by Gasteiger charge is 2.25. The summed E-state index contributed by atoms with van der Waals surface area (Å²) < 4.78 is 0. The van der Waals surface area contributed by atoms with Crippen LogP contribution in [0, 0.1) is 17.8 Å². The summed E-state index contributed by atoms with van der Waals surface area (Å²) in [7, 11) is 0. The molecular weight excluding hydrogens is 236 g/mol. The standard InChI is InChI=1S/C16H22N2O/c1-13(19)15-8-10-18(11-15)12-16-6-3-2-5-14(16)7-4-9-17/h2-3,5-6,13,15,19H,8-12,17H2,1H3. The number of benzene rings is 1. The highest BCUT2D eigenvalue weighted by atomic mass is 16.3. The second-order valence-corrected chi connectivity index (χ2v) is 5.19. The molecule has 0 spiro atoms. The molecule has 3 heteroatoms. The predicted molar refractivity (Wildman–Crippen MR) is 77.4 cm³/mol. The molecule has 1 aliphatic rings. The molecule has 102 valence electrons. The molecule has 0 saturated carbocycles. The van der Waals surface area contributed by atoms with Crippen molar-refractivity contribution in [2.24, 2.45) is 11.7 Å². The third-order valence-electron chi connectivity index (χ3n) is 3.73. The van der Waals surface area contributed by atoms with Crippen LogP contribution in [0.5, 0.6) is 0 Å². The van der Waals surface area contributed by atoms with Gasteiger partial charge in [-0.25, -0.2) is 0 Å². The molecule has 19 heavy (non-hydrogen) atoms. The molecule has 2 unspecified atom stereocenters. The second kappa shape index (κ2) is 6.72. The van der Waals surface area contributed by atoms with Crippen molar-refractivity contribution >= 4 is 0 Å². The van der Waals surface area contributed by atoms with E-state index in [0.717, 1.165) is 31.6 Å². The summed E-state index contributed by atoms with van der Waals surface area (Å²) in [6.45, 7) is 5.19. The maximum absolute atomic E-state index is 9.64. The fourth-order valence-corrected chi connectivity index (χ4v) is 2.57. The molecule has 1 aromatic carbocycles. The number of aliphatic hydroxyl groups excluding tert-OH is 1. The smallest absolute Gasteiger partial charge is 0.0555 e. The van der Waals surface area contributed by atoms with Crippen molar-refractivity contribution < 1.29 is 5.11 Å². The molecule has 0 amide bonds. The van der Waals surface area contributed by atoms with E-state index in [0.29, 0.717) is 12.5 Å². The lowest BCUT2D eigenvalue weighted by atomic mass is 10.0. The molecule has 1 saturated heterocycles. The average Bonchev–Trinajstić information content (AvgIpc) is 2.86. The molecule has 2 rings (SSSR count). The maximum Gasteiger partial charge on any atom is 0.0555 e. The van der Waals surface area contributed by atoms with Crippen molar-refractivity contribution in [2.45, 2.75) is 26.0 Å². The normalized spacial score (nSPS) is 20.9. The van der Waals surface area contributed by atoms with Gasteiger partial charge in [-0.15, -0.1) is 0 Å². The number of aliphatic hydroxyl groups is 1. The number of hydrogen-bond donors (Lipinski definition) is 2. The first-order chi connectivity index (χ1) is 9.20. The molecule has 1 aliphatic heterocycles. The van der Waals surface area contributed by atoms with E-state index >= 15 is 0 Å². The number of likely N-dealkylation sites (tertiary alicyclic amines) is 1. The highest BCUT2D eigenvalue weighted by molar-refractivity contribution is 5.41. The quantitative estimate of drug-likeness (QED) is 0.801. The topological polar surface area (TPSA) is 49.5 Å². The largest absolute Gasteiger partial charge is 0.393 e. The molecular formula is C16H22N2O. The van der Waals surface area contributed by atoms with E-state index in [-0.39, 0.29) is 6.10 Å². The number of nitrogens with zero attached hydrogens (tertiary/aromatic N) is 1. The van der Waals surface area contributed by atoms with Crippen molar-refractivity contribution in [1.29, 1.82) is 0 Å². The van der Waals surface area contributed by atoms with E-state index in [1.807, 2.05) is 25.1 Å². The molecule has 3 N–H and O–H groups in total. The fourth-order valence-electron chi connectivity index (χ4n) is 2.57. The average molecular weight is 258 g/mol. The summed E-state index contributed by atoms with van der Waals surface area (Å²) in [6, 6.07) is 8.22. The summed E-state index contributed by atoms with van der Waals surface area (Å²) in [6.07, 6.45) is 0.867. The SMILES string of the molecule is CC(O)C1CCN(Cc2ccccc2C#CCN)C1. The van der Waals surface area contributed by atoms with Gasteiger partial charge >= 0.3 is 0 Å². The summed E-state index contributed by atoms with van der Waals surface area (Å²) >= 11 is 0. The fraction of sp³-hybridized carbons (Fsp3) is 0.500. The van der Waals surface area contributed by atoms with Gasteiger partial charge in [-0.1, -0.05) is 30.0 Å². The first-order valence-corrected chi connectivity index (χ1v) is 6.88. The summed E-state index contributed by atoms with van der Waals surface area (Å²) in [5, 5.41) is 9.64. The molecule has 0 bridgehead atoms. The Labute approximate surface area is 115 Å². The zero-order valence-electron chi connectivity index (χ0n) is 11.5. The van der Waals surface area contributed by atoms with Crippen LogP contribution in [-0.4, -0.2) is 35.7 Å². The zero-order valence-corrected chi connectivity index (χ0v) is 11.5. The van der Waals surface area contributed by atoms with Crippen LogP contribution in [-0.2, 0) is 6.54 Å². The minimum Gasteiger partial charge on any atom is -0.393 e. The van der Waals surface area contributed by atoms with Gasteiger partial charge in [0.15, 0.2) is 0 Å². The zero-order chi connectivity index (χ0) is 13.7. The first-order valence-electron chi connectivity index (χ1n) is 6.88. The van der Waals surface area contributed by atoms with Gasteiger partial charge in [-0.05, 0) is 37.4 Å². The molecule has 1 aromatic rings. The molecule has 3 nitrogen and oxygen atoms in total. The Bertz CT molecular complexity index is 473. The minimum absolute atomic E-state index is 0.211. The lowest BCUT2D eigenvalue weighted by Gasteiger charge is -2.18. The molecule has 0 aliphatic carbocycles. The van der Waals surface area contributed by atoms with E-state index in [1.54, 1.807) is 0 Å². The van der Waals surface area contributed by atoms with E-state index in [1.165, 1.54) is 5.56 Å². The minimum atomic E-state index is -0.211.